The summed E-state index contributed by atoms with van der Waals surface area (Å²) in [6.07, 6.45) is 8.69. The van der Waals surface area contributed by atoms with Crippen LogP contribution in [-0.4, -0.2) is 23.9 Å². The fourth-order valence-electron chi connectivity index (χ4n) is 4.60. The predicted molar refractivity (Wildman–Crippen MR) is 104 cm³/mol. The topological polar surface area (TPSA) is 62.3 Å². The van der Waals surface area contributed by atoms with Crippen molar-refractivity contribution in [1.82, 2.24) is 10.3 Å². The second-order valence-corrected chi connectivity index (χ2v) is 7.53. The summed E-state index contributed by atoms with van der Waals surface area (Å²) < 4.78 is 0. The van der Waals surface area contributed by atoms with Crippen molar-refractivity contribution < 1.29 is 9.59 Å². The van der Waals surface area contributed by atoms with E-state index in [-0.39, 0.29) is 11.9 Å². The third-order valence-corrected chi connectivity index (χ3v) is 5.94. The monoisotopic (exact) mass is 357 g/mol. The lowest BCUT2D eigenvalue weighted by Gasteiger charge is -2.24. The Balaban J connectivity index is 1.59. The van der Waals surface area contributed by atoms with Crippen molar-refractivity contribution in [2.75, 3.05) is 11.9 Å². The number of fused-ring (bicyclic) bond motifs is 4. The van der Waals surface area contributed by atoms with Gasteiger partial charge in [-0.2, -0.15) is 0 Å². The lowest BCUT2D eigenvalue weighted by Crippen LogP contribution is -2.26. The maximum atomic E-state index is 11.6. The molecule has 1 aromatic heterocycles. The summed E-state index contributed by atoms with van der Waals surface area (Å²) in [5.74, 6) is 2.98. The lowest BCUT2D eigenvalue weighted by molar-refractivity contribution is -0.119. The molecule has 2 aromatic rings. The van der Waals surface area contributed by atoms with Crippen molar-refractivity contribution in [2.24, 2.45) is 5.92 Å². The summed E-state index contributed by atoms with van der Waals surface area (Å²) >= 11 is 0. The number of carbonyl (C=O) groups excluding carboxylic acids is 2. The van der Waals surface area contributed by atoms with Gasteiger partial charge in [0, 0.05) is 37.6 Å². The zero-order valence-corrected chi connectivity index (χ0v) is 15.2. The van der Waals surface area contributed by atoms with E-state index in [0.29, 0.717) is 17.5 Å². The van der Waals surface area contributed by atoms with Gasteiger partial charge in [0.15, 0.2) is 5.94 Å². The molecule has 134 valence electrons. The number of amides is 1. The minimum Gasteiger partial charge on any atom is -0.349 e. The Morgan fingerprint density at radius 2 is 2.15 bits per heavy atom. The largest absolute Gasteiger partial charge is 0.349 e. The number of hydrogen-bond donors (Lipinski definition) is 1. The number of aromatic nitrogens is 1. The second kappa shape index (κ2) is 5.66. The predicted octanol–water partition coefficient (Wildman–Crippen LogP) is 3.22. The molecule has 3 atom stereocenters. The molecule has 0 bridgehead atoms. The van der Waals surface area contributed by atoms with E-state index in [1.54, 1.807) is 13.0 Å². The Hall–Kier alpha value is -3.17. The van der Waals surface area contributed by atoms with E-state index < -0.39 is 0 Å². The van der Waals surface area contributed by atoms with Gasteiger partial charge in [-0.3, -0.25) is 9.78 Å². The Kier molecular flexibility index (Phi) is 3.36. The van der Waals surface area contributed by atoms with Crippen LogP contribution >= 0.6 is 0 Å². The number of hydrogen-bond acceptors (Lipinski definition) is 4. The highest BCUT2D eigenvalue weighted by Crippen LogP contribution is 2.63. The number of nitrogens with one attached hydrogen (secondary N) is 1. The molecule has 3 aliphatic rings. The quantitative estimate of drug-likeness (QED) is 0.839. The SMILES string of the molecule is CC(=O)N[C@H]1c2cncc(-c3ccc4c(c3)C=CC(=C=O)N4C)c2[C@H]2C[C@H]21. The van der Waals surface area contributed by atoms with Crippen molar-refractivity contribution >= 4 is 23.6 Å². The Morgan fingerprint density at radius 1 is 1.30 bits per heavy atom. The molecule has 5 nitrogen and oxygen atoms in total. The van der Waals surface area contributed by atoms with Crippen LogP contribution in [0, 0.1) is 5.92 Å². The number of likely N-dealkylation sites (N-methyl/N-ethyl adjacent to an activating group) is 1. The van der Waals surface area contributed by atoms with Crippen molar-refractivity contribution in [3.8, 4) is 11.1 Å². The van der Waals surface area contributed by atoms with Crippen LogP contribution in [0.15, 0.2) is 42.4 Å². The van der Waals surface area contributed by atoms with Crippen LogP contribution in [0.2, 0.25) is 0 Å². The van der Waals surface area contributed by atoms with Crippen molar-refractivity contribution in [3.05, 3.63) is 59.1 Å². The van der Waals surface area contributed by atoms with Gasteiger partial charge >= 0.3 is 0 Å². The molecular weight excluding hydrogens is 338 g/mol. The first-order chi connectivity index (χ1) is 13.1. The standard InChI is InChI=1S/C22H19N3O2/c1-12(27)24-22-17-8-16(17)21-18(9-23-10-19(21)22)13-4-6-20-14(7-13)3-5-15(11-26)25(20)2/h3-7,9-10,16-17,22H,8H2,1-2H3,(H,24,27)/t16-,17+,22+/m0/s1. The van der Waals surface area contributed by atoms with Crippen LogP contribution in [-0.2, 0) is 9.59 Å². The summed E-state index contributed by atoms with van der Waals surface area (Å²) in [5.41, 5.74) is 7.32. The molecule has 1 saturated carbocycles. The lowest BCUT2D eigenvalue weighted by atomic mass is 9.93. The normalized spacial score (nSPS) is 24.0. The number of allylic oxidation sites excluding steroid dienone is 1. The Morgan fingerprint density at radius 3 is 2.93 bits per heavy atom. The van der Waals surface area contributed by atoms with Crippen LogP contribution in [0.1, 0.15) is 42.0 Å². The van der Waals surface area contributed by atoms with E-state index in [1.165, 1.54) is 5.56 Å². The molecule has 0 saturated heterocycles. The summed E-state index contributed by atoms with van der Waals surface area (Å²) in [4.78, 5) is 29.0. The Labute approximate surface area is 157 Å². The number of pyridine rings is 1. The van der Waals surface area contributed by atoms with E-state index in [2.05, 4.69) is 22.4 Å². The van der Waals surface area contributed by atoms with Gasteiger partial charge in [0.25, 0.3) is 0 Å². The van der Waals surface area contributed by atoms with Gasteiger partial charge in [-0.25, -0.2) is 4.79 Å². The third kappa shape index (κ3) is 2.36. The highest BCUT2D eigenvalue weighted by Gasteiger charge is 2.53. The summed E-state index contributed by atoms with van der Waals surface area (Å²) in [6, 6.07) is 6.34. The maximum absolute atomic E-state index is 11.6. The number of rotatable bonds is 2. The summed E-state index contributed by atoms with van der Waals surface area (Å²) in [6.45, 7) is 1.57. The smallest absolute Gasteiger partial charge is 0.217 e. The second-order valence-electron chi connectivity index (χ2n) is 7.53. The van der Waals surface area contributed by atoms with E-state index in [0.717, 1.165) is 34.4 Å². The fraction of sp³-hybridized carbons (Fsp3) is 0.273. The molecule has 1 aromatic carbocycles. The van der Waals surface area contributed by atoms with E-state index in [4.69, 9.17) is 0 Å². The first-order valence-corrected chi connectivity index (χ1v) is 9.14. The van der Waals surface area contributed by atoms with Gasteiger partial charge in [0.1, 0.15) is 5.70 Å². The molecule has 1 N–H and O–H groups in total. The van der Waals surface area contributed by atoms with E-state index in [1.807, 2.05) is 42.4 Å². The van der Waals surface area contributed by atoms with Crippen LogP contribution < -0.4 is 10.2 Å². The Bertz CT molecular complexity index is 1070. The molecule has 2 aliphatic carbocycles. The molecule has 1 fully saturated rings. The minimum atomic E-state index is 0.00453. The van der Waals surface area contributed by atoms with Crippen molar-refractivity contribution in [1.29, 1.82) is 0 Å². The zero-order chi connectivity index (χ0) is 18.7. The van der Waals surface area contributed by atoms with E-state index >= 15 is 0 Å². The molecule has 0 unspecified atom stereocenters. The van der Waals surface area contributed by atoms with Crippen molar-refractivity contribution in [2.45, 2.75) is 25.3 Å². The fourth-order valence-corrected chi connectivity index (χ4v) is 4.60. The van der Waals surface area contributed by atoms with Gasteiger partial charge in [-0.05, 0) is 58.7 Å². The van der Waals surface area contributed by atoms with Crippen LogP contribution in [0.25, 0.3) is 17.2 Å². The van der Waals surface area contributed by atoms with Crippen molar-refractivity contribution in [3.63, 3.8) is 0 Å². The highest BCUT2D eigenvalue weighted by atomic mass is 16.1. The van der Waals surface area contributed by atoms with Gasteiger partial charge in [0.05, 0.1) is 6.04 Å². The molecule has 0 spiro atoms. The average molecular weight is 357 g/mol. The third-order valence-electron chi connectivity index (χ3n) is 5.94. The van der Waals surface area contributed by atoms with Gasteiger partial charge in [-0.1, -0.05) is 12.1 Å². The average Bonchev–Trinajstić information content (AvgIpc) is 3.40. The molecule has 1 amide bonds. The summed E-state index contributed by atoms with van der Waals surface area (Å²) in [5, 5.41) is 3.10. The summed E-state index contributed by atoms with van der Waals surface area (Å²) in [7, 11) is 1.87. The number of anilines is 1. The molecule has 2 heterocycles. The molecule has 1 aliphatic heterocycles. The van der Waals surface area contributed by atoms with Crippen LogP contribution in [0.3, 0.4) is 0 Å². The molecule has 27 heavy (non-hydrogen) atoms. The molecule has 5 rings (SSSR count). The zero-order valence-electron chi connectivity index (χ0n) is 15.2. The molecule has 0 radical (unpaired) electrons. The van der Waals surface area contributed by atoms with Crippen LogP contribution in [0.5, 0.6) is 0 Å². The van der Waals surface area contributed by atoms with E-state index in [9.17, 15) is 9.59 Å². The number of carbonyl (C=O) groups is 1. The number of benzene rings is 1. The first-order valence-electron chi connectivity index (χ1n) is 9.14. The molecule has 5 heteroatoms. The molecular formula is C22H19N3O2. The van der Waals surface area contributed by atoms with Gasteiger partial charge in [0.2, 0.25) is 5.91 Å². The van der Waals surface area contributed by atoms with Gasteiger partial charge < -0.3 is 10.2 Å². The van der Waals surface area contributed by atoms with Gasteiger partial charge in [-0.15, -0.1) is 0 Å². The number of nitrogens with zero attached hydrogens (tertiary/aromatic N) is 2. The first kappa shape index (κ1) is 16.0. The highest BCUT2D eigenvalue weighted by molar-refractivity contribution is 5.85. The maximum Gasteiger partial charge on any atom is 0.217 e. The minimum absolute atomic E-state index is 0.00453. The van der Waals surface area contributed by atoms with Crippen LogP contribution in [0.4, 0.5) is 5.69 Å².